The molecule has 0 aromatic carbocycles. The van der Waals surface area contributed by atoms with Gasteiger partial charge in [0.2, 0.25) is 0 Å². The lowest BCUT2D eigenvalue weighted by molar-refractivity contribution is -0.137. The first-order valence-corrected chi connectivity index (χ1v) is 8.05. The van der Waals surface area contributed by atoms with Crippen molar-refractivity contribution in [2.45, 2.75) is 19.3 Å². The zero-order valence-corrected chi connectivity index (χ0v) is 14.2. The van der Waals surface area contributed by atoms with Crippen molar-refractivity contribution >= 4 is 17.6 Å². The van der Waals surface area contributed by atoms with Crippen LogP contribution < -0.4 is 5.56 Å². The molecular weight excluding hydrogens is 356 g/mol. The fourth-order valence-electron chi connectivity index (χ4n) is 2.86. The summed E-state index contributed by atoms with van der Waals surface area (Å²) in [5, 5.41) is 24.0. The van der Waals surface area contributed by atoms with Crippen molar-refractivity contribution in [1.82, 2.24) is 19.6 Å². The van der Waals surface area contributed by atoms with Crippen molar-refractivity contribution in [3.05, 3.63) is 57.9 Å². The number of carboxylic acids is 1. The number of rotatable bonds is 6. The molecule has 3 N–H and O–H groups in total. The van der Waals surface area contributed by atoms with E-state index in [1.165, 1.54) is 16.9 Å². The van der Waals surface area contributed by atoms with Crippen LogP contribution in [0.1, 0.15) is 40.7 Å². The van der Waals surface area contributed by atoms with Gasteiger partial charge in [-0.2, -0.15) is 5.10 Å². The molecule has 0 radical (unpaired) electrons. The summed E-state index contributed by atoms with van der Waals surface area (Å²) in [5.41, 5.74) is -0.569. The molecule has 27 heavy (non-hydrogen) atoms. The molecule has 0 amide bonds. The highest BCUT2D eigenvalue weighted by Crippen LogP contribution is 2.34. The van der Waals surface area contributed by atoms with Crippen molar-refractivity contribution in [2.24, 2.45) is 0 Å². The maximum absolute atomic E-state index is 12.4. The molecule has 3 heterocycles. The molecule has 140 valence electrons. The number of pyridine rings is 1. The Labute approximate surface area is 152 Å². The number of nitrogens with one attached hydrogen (secondary N) is 1. The van der Waals surface area contributed by atoms with Gasteiger partial charge in [-0.3, -0.25) is 9.59 Å². The number of carboxylic acid groups (broad SMARTS) is 1. The molecule has 0 aliphatic carbocycles. The summed E-state index contributed by atoms with van der Waals surface area (Å²) in [6.45, 7) is 1.67. The van der Waals surface area contributed by atoms with Gasteiger partial charge in [-0.05, 0) is 13.0 Å². The number of H-pyrrole nitrogens is 1. The molecule has 3 aromatic heterocycles. The maximum Gasteiger partial charge on any atom is 0.343 e. The van der Waals surface area contributed by atoms with Crippen LogP contribution in [-0.4, -0.2) is 48.3 Å². The Bertz CT molecular complexity index is 1070. The summed E-state index contributed by atoms with van der Waals surface area (Å²) in [6, 6.07) is 1.64. The number of carbonyl (C=O) groups excluding carboxylic acids is 1. The summed E-state index contributed by atoms with van der Waals surface area (Å²) in [4.78, 5) is 42.4. The summed E-state index contributed by atoms with van der Waals surface area (Å²) < 4.78 is 6.28. The number of fused-ring (bicyclic) bond motifs is 1. The Hall–Kier alpha value is -3.69. The van der Waals surface area contributed by atoms with Crippen LogP contribution in [0.25, 0.3) is 5.65 Å². The highest BCUT2D eigenvalue weighted by atomic mass is 16.5. The van der Waals surface area contributed by atoms with Crippen LogP contribution in [0.3, 0.4) is 0 Å². The number of hydrogen-bond acceptors (Lipinski definition) is 7. The Balaban J connectivity index is 2.22. The lowest BCUT2D eigenvalue weighted by Gasteiger charge is -2.16. The quantitative estimate of drug-likeness (QED) is 0.541. The molecule has 1 atom stereocenters. The maximum atomic E-state index is 12.4. The predicted molar refractivity (Wildman–Crippen MR) is 91.8 cm³/mol. The molecule has 3 rings (SSSR count). The fourth-order valence-corrected chi connectivity index (χ4v) is 2.86. The highest BCUT2D eigenvalue weighted by Gasteiger charge is 2.30. The van der Waals surface area contributed by atoms with Gasteiger partial charge < -0.3 is 19.9 Å². The minimum atomic E-state index is -1.20. The smallest absolute Gasteiger partial charge is 0.343 e. The highest BCUT2D eigenvalue weighted by molar-refractivity contribution is 5.92. The van der Waals surface area contributed by atoms with Crippen LogP contribution in [0.4, 0.5) is 0 Å². The van der Waals surface area contributed by atoms with E-state index < -0.39 is 35.6 Å². The Morgan fingerprint density at radius 1 is 1.41 bits per heavy atom. The van der Waals surface area contributed by atoms with E-state index >= 15 is 0 Å². The summed E-state index contributed by atoms with van der Waals surface area (Å²) in [6.07, 6.45) is 5.01. The van der Waals surface area contributed by atoms with Crippen molar-refractivity contribution in [3.63, 3.8) is 0 Å². The average molecular weight is 372 g/mol. The minimum absolute atomic E-state index is 0.0727. The van der Waals surface area contributed by atoms with Gasteiger partial charge in [-0.15, -0.1) is 0 Å². The zero-order chi connectivity index (χ0) is 19.6. The zero-order valence-electron chi connectivity index (χ0n) is 14.2. The van der Waals surface area contributed by atoms with Crippen molar-refractivity contribution < 1.29 is 24.5 Å². The molecule has 0 bridgehead atoms. The molecule has 0 spiro atoms. The average Bonchev–Trinajstić information content (AvgIpc) is 3.04. The molecule has 0 saturated carbocycles. The van der Waals surface area contributed by atoms with Crippen molar-refractivity contribution in [3.8, 4) is 5.75 Å². The van der Waals surface area contributed by atoms with Crippen LogP contribution in [0.5, 0.6) is 5.75 Å². The van der Waals surface area contributed by atoms with E-state index in [4.69, 9.17) is 4.74 Å². The second-order valence-electron chi connectivity index (χ2n) is 5.65. The lowest BCUT2D eigenvalue weighted by Crippen LogP contribution is -2.22. The van der Waals surface area contributed by atoms with Crippen LogP contribution in [0, 0.1) is 0 Å². The molecule has 3 aromatic rings. The fraction of sp³-hybridized carbons (Fsp3) is 0.235. The van der Waals surface area contributed by atoms with E-state index in [9.17, 15) is 24.6 Å². The van der Waals surface area contributed by atoms with Gasteiger partial charge in [-0.25, -0.2) is 14.3 Å². The summed E-state index contributed by atoms with van der Waals surface area (Å²) >= 11 is 0. The standard InChI is InChI=1S/C17H16N4O6/c1-2-27-17(26)11-7-19-16(25)13(14(11)24)9(6-12(22)23)10-8-20-21-5-3-4-18-15(10)21/h3-5,7-9H,2,6H2,1H3,(H,22,23)(H2,19,24,25)/t9-/m0/s1. The number of aromatic hydroxyl groups is 1. The molecule has 10 heteroatoms. The number of carbonyl (C=O) groups is 2. The van der Waals surface area contributed by atoms with Crippen LogP contribution >= 0.6 is 0 Å². The van der Waals surface area contributed by atoms with Crippen LogP contribution in [0.15, 0.2) is 35.6 Å². The molecule has 0 aliphatic heterocycles. The van der Waals surface area contributed by atoms with Gasteiger partial charge in [0.25, 0.3) is 5.56 Å². The molecule has 0 fully saturated rings. The molecular formula is C17H16N4O6. The van der Waals surface area contributed by atoms with Crippen molar-refractivity contribution in [1.29, 1.82) is 0 Å². The van der Waals surface area contributed by atoms with Gasteiger partial charge in [0.05, 0.1) is 24.8 Å². The topological polar surface area (TPSA) is 147 Å². The van der Waals surface area contributed by atoms with E-state index in [2.05, 4.69) is 15.1 Å². The normalized spacial score (nSPS) is 12.0. The molecule has 0 saturated heterocycles. The van der Waals surface area contributed by atoms with E-state index in [-0.39, 0.29) is 17.7 Å². The number of nitrogens with zero attached hydrogens (tertiary/aromatic N) is 3. The summed E-state index contributed by atoms with van der Waals surface area (Å²) in [7, 11) is 0. The van der Waals surface area contributed by atoms with Gasteiger partial charge in [0.15, 0.2) is 5.65 Å². The largest absolute Gasteiger partial charge is 0.506 e. The first kappa shape index (κ1) is 18.1. The SMILES string of the molecule is CCOC(=O)c1c[nH]c(=O)c([C@@H](CC(=O)O)c2cnn3cccnc23)c1O. The Morgan fingerprint density at radius 3 is 2.89 bits per heavy atom. The first-order valence-electron chi connectivity index (χ1n) is 8.05. The van der Waals surface area contributed by atoms with E-state index in [0.717, 1.165) is 6.20 Å². The number of aromatic nitrogens is 4. The second kappa shape index (κ2) is 7.28. The van der Waals surface area contributed by atoms with Crippen LogP contribution in [-0.2, 0) is 9.53 Å². The van der Waals surface area contributed by atoms with E-state index in [0.29, 0.717) is 11.2 Å². The Morgan fingerprint density at radius 2 is 2.19 bits per heavy atom. The van der Waals surface area contributed by atoms with Crippen LogP contribution in [0.2, 0.25) is 0 Å². The van der Waals surface area contributed by atoms with E-state index in [1.807, 2.05) is 0 Å². The Kier molecular flexibility index (Phi) is 4.88. The number of aliphatic carboxylic acids is 1. The number of aromatic amines is 1. The van der Waals surface area contributed by atoms with Gasteiger partial charge in [0.1, 0.15) is 11.3 Å². The van der Waals surface area contributed by atoms with Crippen molar-refractivity contribution in [2.75, 3.05) is 6.61 Å². The summed E-state index contributed by atoms with van der Waals surface area (Å²) in [5.74, 6) is -3.73. The minimum Gasteiger partial charge on any atom is -0.506 e. The number of esters is 1. The van der Waals surface area contributed by atoms with Gasteiger partial charge in [0, 0.05) is 30.1 Å². The molecule has 0 unspecified atom stereocenters. The molecule has 10 nitrogen and oxygen atoms in total. The predicted octanol–water partition coefficient (Wildman–Crippen LogP) is 0.906. The number of ether oxygens (including phenoxy) is 1. The first-order chi connectivity index (χ1) is 12.9. The second-order valence-corrected chi connectivity index (χ2v) is 5.65. The third-order valence-electron chi connectivity index (χ3n) is 4.01. The van der Waals surface area contributed by atoms with Gasteiger partial charge >= 0.3 is 11.9 Å². The molecule has 0 aliphatic rings. The lowest BCUT2D eigenvalue weighted by atomic mass is 9.89. The third-order valence-corrected chi connectivity index (χ3v) is 4.01. The number of hydrogen-bond donors (Lipinski definition) is 3. The van der Waals surface area contributed by atoms with E-state index in [1.54, 1.807) is 19.2 Å². The monoisotopic (exact) mass is 372 g/mol. The third kappa shape index (κ3) is 3.36. The van der Waals surface area contributed by atoms with Gasteiger partial charge in [-0.1, -0.05) is 0 Å².